The molecule has 0 aromatic rings. The average Bonchev–Trinajstić information content (AvgIpc) is 3.18. The van der Waals surface area contributed by atoms with Gasteiger partial charge in [-0.1, -0.05) is 74.1 Å². The topological polar surface area (TPSA) is 166 Å². The van der Waals surface area contributed by atoms with Gasteiger partial charge in [-0.05, 0) is 67.6 Å². The molecule has 0 bridgehead atoms. The van der Waals surface area contributed by atoms with Gasteiger partial charge in [0, 0.05) is 49.7 Å². The van der Waals surface area contributed by atoms with Crippen molar-refractivity contribution < 1.29 is 24.0 Å². The number of amides is 5. The van der Waals surface area contributed by atoms with E-state index in [2.05, 4.69) is 67.7 Å². The zero-order valence-corrected chi connectivity index (χ0v) is 32.1. The Balaban J connectivity index is 1.36. The molecule has 5 rings (SSSR count). The summed E-state index contributed by atoms with van der Waals surface area (Å²) in [5, 5.41) is 12.7. The van der Waals surface area contributed by atoms with Crippen LogP contribution in [0.2, 0.25) is 0 Å². The summed E-state index contributed by atoms with van der Waals surface area (Å²) >= 11 is 0. The van der Waals surface area contributed by atoms with E-state index in [1.165, 1.54) is 0 Å². The van der Waals surface area contributed by atoms with Gasteiger partial charge in [0.1, 0.15) is 12.1 Å². The van der Waals surface area contributed by atoms with Gasteiger partial charge < -0.3 is 31.9 Å². The first-order valence-corrected chi connectivity index (χ1v) is 19.2. The third kappa shape index (κ3) is 7.04. The molecule has 2 heterocycles. The molecule has 5 amide bonds. The summed E-state index contributed by atoms with van der Waals surface area (Å²) in [4.78, 5) is 71.8. The summed E-state index contributed by atoms with van der Waals surface area (Å²) in [6.07, 6.45) is 7.04. The van der Waals surface area contributed by atoms with Crippen LogP contribution in [0.1, 0.15) is 114 Å². The molecule has 1 unspecified atom stereocenters. The Morgan fingerprint density at radius 2 is 1.54 bits per heavy atom. The molecule has 12 heteroatoms. The Hall–Kier alpha value is -2.73. The fourth-order valence-corrected chi connectivity index (χ4v) is 10.2. The van der Waals surface area contributed by atoms with Crippen LogP contribution in [0, 0.1) is 33.5 Å². The average molecular weight is 700 g/mol. The van der Waals surface area contributed by atoms with Crippen LogP contribution in [0.4, 0.5) is 4.79 Å². The van der Waals surface area contributed by atoms with E-state index < -0.39 is 47.2 Å². The number of nitrogens with zero attached hydrogens (tertiary/aromatic N) is 2. The molecule has 2 spiro atoms. The number of urea groups is 1. The predicted molar refractivity (Wildman–Crippen MR) is 193 cm³/mol. The van der Waals surface area contributed by atoms with Gasteiger partial charge in [0.2, 0.25) is 17.6 Å². The van der Waals surface area contributed by atoms with Crippen LogP contribution >= 0.6 is 0 Å². The molecule has 50 heavy (non-hydrogen) atoms. The highest BCUT2D eigenvalue weighted by molar-refractivity contribution is 6.37. The van der Waals surface area contributed by atoms with Gasteiger partial charge in [0.25, 0.3) is 5.91 Å². The van der Waals surface area contributed by atoms with Gasteiger partial charge in [0.15, 0.2) is 0 Å². The summed E-state index contributed by atoms with van der Waals surface area (Å²) in [5.74, 6) is -2.17. The fraction of sp³-hybridized carbons (Fsp3) is 0.868. The SMILES string of the molecule is CC(C)[C@@H](CN1C[C@H](C)N[C@@H](C)C1)NC(=O)N[C@H](C(=O)N1C[C@]2(C[C@H]1C(=O)NC(CC1CCC1)C(=O)C(N)=O)C(C)(C)C21CCC1)C(C)(C)C. The zero-order valence-electron chi connectivity index (χ0n) is 32.1. The van der Waals surface area contributed by atoms with Crippen LogP contribution in [0.25, 0.3) is 0 Å². The summed E-state index contributed by atoms with van der Waals surface area (Å²) in [6, 6.07) is -2.57. The second kappa shape index (κ2) is 14.0. The van der Waals surface area contributed by atoms with E-state index in [-0.39, 0.29) is 40.0 Å². The summed E-state index contributed by atoms with van der Waals surface area (Å²) in [6.45, 7) is 21.7. The second-order valence-electron chi connectivity index (χ2n) is 18.6. The van der Waals surface area contributed by atoms with Gasteiger partial charge in [-0.3, -0.25) is 24.1 Å². The van der Waals surface area contributed by atoms with E-state index in [0.717, 1.165) is 51.6 Å². The Bertz CT molecular complexity index is 1320. The van der Waals surface area contributed by atoms with Crippen LogP contribution in [0.5, 0.6) is 0 Å². The van der Waals surface area contributed by atoms with Gasteiger partial charge in [-0.2, -0.15) is 0 Å². The van der Waals surface area contributed by atoms with Gasteiger partial charge in [-0.25, -0.2) is 4.79 Å². The zero-order chi connectivity index (χ0) is 37.0. The molecule has 0 radical (unpaired) electrons. The van der Waals surface area contributed by atoms with Crippen LogP contribution < -0.4 is 27.0 Å². The second-order valence-corrected chi connectivity index (χ2v) is 18.6. The number of carbonyl (C=O) groups excluding carboxylic acids is 5. The molecule has 3 saturated carbocycles. The molecule has 6 N–H and O–H groups in total. The third-order valence-corrected chi connectivity index (χ3v) is 13.7. The lowest BCUT2D eigenvalue weighted by Crippen LogP contribution is -2.62. The Morgan fingerprint density at radius 3 is 2.00 bits per heavy atom. The van der Waals surface area contributed by atoms with Gasteiger partial charge in [-0.15, -0.1) is 0 Å². The summed E-state index contributed by atoms with van der Waals surface area (Å²) in [7, 11) is 0. The number of carbonyl (C=O) groups is 5. The van der Waals surface area contributed by atoms with E-state index in [0.29, 0.717) is 38.0 Å². The van der Waals surface area contributed by atoms with Crippen LogP contribution in [0.3, 0.4) is 0 Å². The molecule has 2 saturated heterocycles. The minimum Gasteiger partial charge on any atom is -0.363 e. The molecule has 12 nitrogen and oxygen atoms in total. The number of nitrogens with one attached hydrogen (secondary N) is 4. The molecule has 3 aliphatic carbocycles. The number of hydrogen-bond acceptors (Lipinski definition) is 7. The lowest BCUT2D eigenvalue weighted by Gasteiger charge is -2.39. The van der Waals surface area contributed by atoms with Crippen molar-refractivity contribution >= 4 is 29.5 Å². The lowest BCUT2D eigenvalue weighted by atomic mass is 9.73. The van der Waals surface area contributed by atoms with Crippen molar-refractivity contribution in [3.05, 3.63) is 0 Å². The predicted octanol–water partition coefficient (Wildman–Crippen LogP) is 2.93. The largest absolute Gasteiger partial charge is 0.363 e. The number of likely N-dealkylation sites (tertiary alicyclic amines) is 1. The molecule has 282 valence electrons. The van der Waals surface area contributed by atoms with Gasteiger partial charge in [0.05, 0.1) is 6.04 Å². The van der Waals surface area contributed by atoms with Crippen molar-refractivity contribution in [2.24, 2.45) is 39.2 Å². The number of nitrogens with two attached hydrogens (primary N) is 1. The van der Waals surface area contributed by atoms with Gasteiger partial charge >= 0.3 is 6.03 Å². The summed E-state index contributed by atoms with van der Waals surface area (Å²) in [5.41, 5.74) is 4.52. The normalized spacial score (nSPS) is 30.6. The van der Waals surface area contributed by atoms with E-state index in [1.54, 1.807) is 4.90 Å². The van der Waals surface area contributed by atoms with Crippen molar-refractivity contribution in [3.63, 3.8) is 0 Å². The maximum absolute atomic E-state index is 14.8. The monoisotopic (exact) mass is 700 g/mol. The highest BCUT2D eigenvalue weighted by Gasteiger charge is 2.85. The summed E-state index contributed by atoms with van der Waals surface area (Å²) < 4.78 is 0. The maximum Gasteiger partial charge on any atom is 0.315 e. The molecule has 2 aliphatic heterocycles. The number of fused-ring (bicyclic) bond motifs is 1. The molecule has 5 fully saturated rings. The Labute approximate surface area is 299 Å². The van der Waals surface area contributed by atoms with Crippen LogP contribution in [0.15, 0.2) is 0 Å². The fourth-order valence-electron chi connectivity index (χ4n) is 10.2. The molecule has 5 aliphatic rings. The van der Waals surface area contributed by atoms with Crippen LogP contribution in [-0.4, -0.2) is 102 Å². The first kappa shape index (κ1) is 38.5. The highest BCUT2D eigenvalue weighted by Crippen LogP contribution is 2.88. The smallest absolute Gasteiger partial charge is 0.315 e. The number of primary amides is 1. The molecular formula is C38H65N7O5. The van der Waals surface area contributed by atoms with Crippen molar-refractivity contribution in [2.45, 2.75) is 150 Å². The van der Waals surface area contributed by atoms with E-state index in [4.69, 9.17) is 5.73 Å². The first-order valence-electron chi connectivity index (χ1n) is 19.2. The molecule has 7 atom stereocenters. The minimum atomic E-state index is -1.06. The lowest BCUT2D eigenvalue weighted by molar-refractivity contribution is -0.143. The standard InChI is InChI=1S/C38H65N7O5/c1-22(2)27(20-44-18-23(3)40-24(4)19-44)42-34(50)43-30(35(5,6)7)33(49)45-21-38(36(8,9)37(38)14-11-15-37)17-28(45)32(48)41-26(29(46)31(39)47)16-25-12-10-13-25/h22-28,30,40H,10-21H2,1-9H3,(H2,39,47)(H,41,48)(H2,42,43,50)/t23-,24-,26?,27+,28-,30+,38+/m0/s1. The number of hydrogen-bond donors (Lipinski definition) is 5. The molecular weight excluding hydrogens is 634 g/mol. The molecule has 0 aromatic carbocycles. The maximum atomic E-state index is 14.8. The van der Waals surface area contributed by atoms with Crippen molar-refractivity contribution in [1.82, 2.24) is 31.1 Å². The molecule has 0 aromatic heterocycles. The van der Waals surface area contributed by atoms with E-state index in [9.17, 15) is 24.0 Å². The first-order chi connectivity index (χ1) is 23.2. The van der Waals surface area contributed by atoms with Crippen molar-refractivity contribution in [1.29, 1.82) is 0 Å². The van der Waals surface area contributed by atoms with Crippen molar-refractivity contribution in [2.75, 3.05) is 26.2 Å². The Morgan fingerprint density at radius 1 is 0.920 bits per heavy atom. The van der Waals surface area contributed by atoms with E-state index in [1.807, 2.05) is 20.8 Å². The third-order valence-electron chi connectivity index (χ3n) is 13.7. The number of ketones is 1. The highest BCUT2D eigenvalue weighted by atomic mass is 16.2. The Kier molecular flexibility index (Phi) is 10.8. The number of rotatable bonds is 12. The quantitative estimate of drug-likeness (QED) is 0.196. The number of Topliss-reactive ketones (excluding diaryl/α,β-unsaturated/α-hetero) is 1. The minimum absolute atomic E-state index is 0.0629. The van der Waals surface area contributed by atoms with E-state index >= 15 is 0 Å². The number of piperazine rings is 1. The van der Waals surface area contributed by atoms with Crippen molar-refractivity contribution in [3.8, 4) is 0 Å². The van der Waals surface area contributed by atoms with Crippen LogP contribution in [-0.2, 0) is 19.2 Å².